The molecule has 3 heteroatoms. The van der Waals surface area contributed by atoms with Crippen molar-refractivity contribution in [2.75, 3.05) is 7.11 Å². The fourth-order valence-corrected chi connectivity index (χ4v) is 2.35. The van der Waals surface area contributed by atoms with Gasteiger partial charge >= 0.3 is 0 Å². The topological polar surface area (TPSA) is 9.23 Å². The van der Waals surface area contributed by atoms with Crippen molar-refractivity contribution in [3.05, 3.63) is 62.0 Å². The zero-order valence-electron chi connectivity index (χ0n) is 11.6. The Labute approximate surface area is 142 Å². The summed E-state index contributed by atoms with van der Waals surface area (Å²) in [4.78, 5) is 0. The maximum atomic E-state index is 5.18. The summed E-state index contributed by atoms with van der Waals surface area (Å²) in [5.74, 6) is 12.6. The first-order valence-corrected chi connectivity index (χ1v) is 7.80. The van der Waals surface area contributed by atoms with Gasteiger partial charge < -0.3 is 4.74 Å². The van der Waals surface area contributed by atoms with Gasteiger partial charge in [-0.25, -0.2) is 0 Å². The van der Waals surface area contributed by atoms with Crippen LogP contribution in [0.1, 0.15) is 16.7 Å². The predicted octanol–water partition coefficient (Wildman–Crippen LogP) is 4.93. The lowest BCUT2D eigenvalue weighted by molar-refractivity contribution is 0.414. The van der Waals surface area contributed by atoms with Crippen LogP contribution in [0.15, 0.2) is 45.3 Å². The van der Waals surface area contributed by atoms with Gasteiger partial charge in [-0.3, -0.25) is 0 Å². The number of methoxy groups -OCH3 is 1. The Kier molecular flexibility index (Phi) is 5.51. The molecule has 0 heterocycles. The van der Waals surface area contributed by atoms with Crippen LogP contribution in [0.2, 0.25) is 0 Å². The number of hydrogen-bond acceptors (Lipinski definition) is 1. The average molecular weight is 404 g/mol. The van der Waals surface area contributed by atoms with Crippen LogP contribution >= 0.6 is 31.9 Å². The van der Waals surface area contributed by atoms with Crippen LogP contribution in [-0.2, 0) is 0 Å². The van der Waals surface area contributed by atoms with Crippen molar-refractivity contribution in [1.29, 1.82) is 0 Å². The largest absolute Gasteiger partial charge is 0.497 e. The van der Waals surface area contributed by atoms with Gasteiger partial charge in [0, 0.05) is 20.1 Å². The molecule has 0 unspecified atom stereocenters. The highest BCUT2D eigenvalue weighted by Crippen LogP contribution is 2.21. The third-order valence-electron chi connectivity index (χ3n) is 2.75. The van der Waals surface area contributed by atoms with Crippen LogP contribution in [0, 0.1) is 30.6 Å². The molecule has 0 saturated carbocycles. The third-order valence-corrected chi connectivity index (χ3v) is 4.14. The van der Waals surface area contributed by atoms with E-state index in [1.807, 2.05) is 43.3 Å². The lowest BCUT2D eigenvalue weighted by Gasteiger charge is -2.00. The third kappa shape index (κ3) is 4.39. The van der Waals surface area contributed by atoms with Crippen molar-refractivity contribution in [1.82, 2.24) is 0 Å². The molecule has 2 aromatic carbocycles. The number of ether oxygens (including phenoxy) is 1. The van der Waals surface area contributed by atoms with E-state index in [-0.39, 0.29) is 0 Å². The first kappa shape index (κ1) is 15.7. The van der Waals surface area contributed by atoms with E-state index in [9.17, 15) is 0 Å². The molecular formula is C18H12Br2O. The molecule has 0 spiro atoms. The van der Waals surface area contributed by atoms with E-state index in [0.29, 0.717) is 0 Å². The molecule has 21 heavy (non-hydrogen) atoms. The normalized spacial score (nSPS) is 9.14. The number of benzene rings is 2. The summed E-state index contributed by atoms with van der Waals surface area (Å²) < 4.78 is 7.09. The second kappa shape index (κ2) is 7.36. The molecule has 0 aliphatic carbocycles. The zero-order valence-corrected chi connectivity index (χ0v) is 14.8. The lowest BCUT2D eigenvalue weighted by atomic mass is 10.1. The molecule has 2 aromatic rings. The van der Waals surface area contributed by atoms with Crippen molar-refractivity contribution >= 4 is 31.9 Å². The molecule has 0 atom stereocenters. The number of halogens is 2. The van der Waals surface area contributed by atoms with E-state index in [1.54, 1.807) is 7.11 Å². The van der Waals surface area contributed by atoms with Gasteiger partial charge in [-0.05, 0) is 86.5 Å². The summed E-state index contributed by atoms with van der Waals surface area (Å²) in [5.41, 5.74) is 2.96. The molecule has 0 fully saturated rings. The summed E-state index contributed by atoms with van der Waals surface area (Å²) in [5, 5.41) is 0. The summed E-state index contributed by atoms with van der Waals surface area (Å²) >= 11 is 6.95. The Morgan fingerprint density at radius 1 is 0.857 bits per heavy atom. The number of hydrogen-bond donors (Lipinski definition) is 0. The van der Waals surface area contributed by atoms with Crippen LogP contribution in [0.5, 0.6) is 5.75 Å². The first-order chi connectivity index (χ1) is 10.1. The summed E-state index contributed by atoms with van der Waals surface area (Å²) in [6.07, 6.45) is 0. The number of aryl methyl sites for hydroxylation is 1. The Morgan fingerprint density at radius 3 is 2.05 bits per heavy atom. The molecule has 2 rings (SSSR count). The second-order valence-electron chi connectivity index (χ2n) is 4.33. The van der Waals surface area contributed by atoms with Gasteiger partial charge in [0.2, 0.25) is 0 Å². The highest BCUT2D eigenvalue weighted by molar-refractivity contribution is 9.10. The van der Waals surface area contributed by atoms with E-state index in [2.05, 4.69) is 55.5 Å². The molecule has 0 amide bonds. The van der Waals surface area contributed by atoms with Gasteiger partial charge in [0.05, 0.1) is 7.11 Å². The SMILES string of the molecule is COc1ccc(Br)c(C#CC#Cc2cc(C)ccc2Br)c1. The number of rotatable bonds is 1. The average Bonchev–Trinajstić information content (AvgIpc) is 2.48. The van der Waals surface area contributed by atoms with Crippen molar-refractivity contribution in [2.24, 2.45) is 0 Å². The zero-order chi connectivity index (χ0) is 15.2. The highest BCUT2D eigenvalue weighted by atomic mass is 79.9. The summed E-state index contributed by atoms with van der Waals surface area (Å²) in [6.45, 7) is 2.04. The summed E-state index contributed by atoms with van der Waals surface area (Å²) in [6, 6.07) is 11.7. The Bertz CT molecular complexity index is 786. The lowest BCUT2D eigenvalue weighted by Crippen LogP contribution is -1.84. The molecule has 0 saturated heterocycles. The minimum atomic E-state index is 0.775. The second-order valence-corrected chi connectivity index (χ2v) is 6.04. The van der Waals surface area contributed by atoms with Crippen molar-refractivity contribution in [3.63, 3.8) is 0 Å². The monoisotopic (exact) mass is 402 g/mol. The molecule has 104 valence electrons. The molecule has 0 aromatic heterocycles. The molecule has 0 radical (unpaired) electrons. The van der Waals surface area contributed by atoms with Crippen LogP contribution in [0.4, 0.5) is 0 Å². The minimum Gasteiger partial charge on any atom is -0.497 e. The highest BCUT2D eigenvalue weighted by Gasteiger charge is 1.98. The van der Waals surface area contributed by atoms with Crippen molar-refractivity contribution in [3.8, 4) is 29.4 Å². The van der Waals surface area contributed by atoms with Crippen LogP contribution in [0.25, 0.3) is 0 Å². The molecular weight excluding hydrogens is 392 g/mol. The Hall–Kier alpha value is -1.68. The fourth-order valence-electron chi connectivity index (χ4n) is 1.66. The predicted molar refractivity (Wildman–Crippen MR) is 93.3 cm³/mol. The summed E-state index contributed by atoms with van der Waals surface area (Å²) in [7, 11) is 1.63. The maximum Gasteiger partial charge on any atom is 0.120 e. The van der Waals surface area contributed by atoms with E-state index in [4.69, 9.17) is 4.74 Å². The molecule has 0 aliphatic rings. The first-order valence-electron chi connectivity index (χ1n) is 6.22. The van der Waals surface area contributed by atoms with Gasteiger partial charge in [-0.1, -0.05) is 17.9 Å². The van der Waals surface area contributed by atoms with Crippen molar-refractivity contribution < 1.29 is 4.74 Å². The van der Waals surface area contributed by atoms with Crippen LogP contribution in [0.3, 0.4) is 0 Å². The van der Waals surface area contributed by atoms with E-state index < -0.39 is 0 Å². The van der Waals surface area contributed by atoms with Crippen molar-refractivity contribution in [2.45, 2.75) is 6.92 Å². The standard InChI is InChI=1S/C18H12Br2O/c1-13-7-9-17(19)14(11-13)5-3-4-6-15-12-16(21-2)8-10-18(15)20/h7-12H,1-2H3. The quantitative estimate of drug-likeness (QED) is 0.613. The maximum absolute atomic E-state index is 5.18. The van der Waals surface area contributed by atoms with E-state index >= 15 is 0 Å². The van der Waals surface area contributed by atoms with E-state index in [1.165, 1.54) is 5.56 Å². The molecule has 0 bridgehead atoms. The minimum absolute atomic E-state index is 0.775. The van der Waals surface area contributed by atoms with E-state index in [0.717, 1.165) is 25.8 Å². The van der Waals surface area contributed by atoms with Gasteiger partial charge in [0.1, 0.15) is 5.75 Å². The fraction of sp³-hybridized carbons (Fsp3) is 0.111. The molecule has 0 N–H and O–H groups in total. The van der Waals surface area contributed by atoms with Gasteiger partial charge in [-0.2, -0.15) is 0 Å². The smallest absolute Gasteiger partial charge is 0.120 e. The van der Waals surface area contributed by atoms with Gasteiger partial charge in [0.25, 0.3) is 0 Å². The van der Waals surface area contributed by atoms with Gasteiger partial charge in [-0.15, -0.1) is 0 Å². The molecule has 1 nitrogen and oxygen atoms in total. The Morgan fingerprint density at radius 2 is 1.43 bits per heavy atom. The Balaban J connectivity index is 2.26. The van der Waals surface area contributed by atoms with Gasteiger partial charge in [0.15, 0.2) is 0 Å². The molecule has 0 aliphatic heterocycles. The van der Waals surface area contributed by atoms with Crippen LogP contribution < -0.4 is 4.74 Å². The van der Waals surface area contributed by atoms with Crippen LogP contribution in [-0.4, -0.2) is 7.11 Å².